The topological polar surface area (TPSA) is 67.4 Å². The number of hydrogen-bond acceptors (Lipinski definition) is 3. The molecule has 2 aromatic carbocycles. The molecule has 0 radical (unpaired) electrons. The summed E-state index contributed by atoms with van der Waals surface area (Å²) in [4.78, 5) is 23.7. The highest BCUT2D eigenvalue weighted by atomic mass is 16.5. The molecule has 1 heterocycles. The van der Waals surface area contributed by atoms with E-state index in [4.69, 9.17) is 4.74 Å². The molecule has 3 rings (SSSR count). The summed E-state index contributed by atoms with van der Waals surface area (Å²) in [5, 5.41) is 5.69. The zero-order valence-electron chi connectivity index (χ0n) is 13.1. The van der Waals surface area contributed by atoms with Gasteiger partial charge in [0, 0.05) is 5.56 Å². The first-order chi connectivity index (χ1) is 11.0. The Bertz CT molecular complexity index is 771. The highest BCUT2D eigenvalue weighted by molar-refractivity contribution is 5.99. The molecule has 1 atom stereocenters. The average molecular weight is 310 g/mol. The van der Waals surface area contributed by atoms with Crippen molar-refractivity contribution in [1.29, 1.82) is 0 Å². The summed E-state index contributed by atoms with van der Waals surface area (Å²) in [6.07, 6.45) is 0. The molecule has 0 aromatic heterocycles. The molecule has 2 N–H and O–H groups in total. The van der Waals surface area contributed by atoms with E-state index in [0.717, 1.165) is 11.1 Å². The van der Waals surface area contributed by atoms with Crippen LogP contribution in [0.25, 0.3) is 0 Å². The first-order valence-electron chi connectivity index (χ1n) is 7.47. The predicted molar refractivity (Wildman–Crippen MR) is 87.6 cm³/mol. The van der Waals surface area contributed by atoms with Gasteiger partial charge in [0.1, 0.15) is 5.75 Å². The summed E-state index contributed by atoms with van der Waals surface area (Å²) < 4.78 is 5.34. The molecule has 2 aromatic rings. The van der Waals surface area contributed by atoms with Crippen LogP contribution in [0.1, 0.15) is 34.5 Å². The molecule has 5 heteroatoms. The van der Waals surface area contributed by atoms with Gasteiger partial charge in [-0.2, -0.15) is 0 Å². The number of carbonyl (C=O) groups is 2. The molecule has 1 aliphatic heterocycles. The van der Waals surface area contributed by atoms with Gasteiger partial charge in [-0.15, -0.1) is 0 Å². The summed E-state index contributed by atoms with van der Waals surface area (Å²) in [6.45, 7) is 3.94. The maximum absolute atomic E-state index is 12.4. The highest BCUT2D eigenvalue weighted by Gasteiger charge is 2.19. The van der Waals surface area contributed by atoms with Gasteiger partial charge in [-0.3, -0.25) is 9.59 Å². The number of hydrogen-bond donors (Lipinski definition) is 2. The van der Waals surface area contributed by atoms with Gasteiger partial charge in [0.15, 0.2) is 6.61 Å². The molecule has 0 saturated carbocycles. The molecular formula is C18H18N2O3. The van der Waals surface area contributed by atoms with Crippen molar-refractivity contribution in [1.82, 2.24) is 5.32 Å². The number of ether oxygens (including phenoxy) is 1. The number of anilines is 1. The Labute approximate surface area is 134 Å². The first kappa shape index (κ1) is 15.1. The van der Waals surface area contributed by atoms with Gasteiger partial charge in [0.25, 0.3) is 11.8 Å². The van der Waals surface area contributed by atoms with Crippen molar-refractivity contribution in [2.24, 2.45) is 0 Å². The fourth-order valence-electron chi connectivity index (χ4n) is 2.65. The Kier molecular flexibility index (Phi) is 4.02. The van der Waals surface area contributed by atoms with Gasteiger partial charge in [-0.1, -0.05) is 24.3 Å². The van der Waals surface area contributed by atoms with Gasteiger partial charge in [-0.05, 0) is 43.2 Å². The van der Waals surface area contributed by atoms with Crippen molar-refractivity contribution in [3.63, 3.8) is 0 Å². The summed E-state index contributed by atoms with van der Waals surface area (Å²) in [6, 6.07) is 12.9. The predicted octanol–water partition coefficient (Wildman–Crippen LogP) is 2.82. The first-order valence-corrected chi connectivity index (χ1v) is 7.47. The average Bonchev–Trinajstić information content (AvgIpc) is 2.54. The Morgan fingerprint density at radius 3 is 2.83 bits per heavy atom. The Morgan fingerprint density at radius 1 is 1.26 bits per heavy atom. The molecule has 0 bridgehead atoms. The smallest absolute Gasteiger partial charge is 0.262 e. The number of rotatable bonds is 3. The van der Waals surface area contributed by atoms with E-state index >= 15 is 0 Å². The van der Waals surface area contributed by atoms with E-state index < -0.39 is 0 Å². The second kappa shape index (κ2) is 6.12. The summed E-state index contributed by atoms with van der Waals surface area (Å²) in [7, 11) is 0. The number of amides is 2. The molecule has 2 amide bonds. The number of fused-ring (bicyclic) bond motifs is 1. The van der Waals surface area contributed by atoms with Crippen LogP contribution < -0.4 is 15.4 Å². The molecule has 0 spiro atoms. The lowest BCUT2D eigenvalue weighted by Gasteiger charge is -2.20. The quantitative estimate of drug-likeness (QED) is 0.916. The molecule has 0 fully saturated rings. The van der Waals surface area contributed by atoms with Crippen LogP contribution in [0.2, 0.25) is 0 Å². The standard InChI is InChI=1S/C18H18N2O3/c1-11-5-3-4-6-14(11)12(2)19-18(22)13-7-8-15-16(9-13)23-10-17(21)20-15/h3-9,12H,10H2,1-2H3,(H,19,22)(H,20,21)/t12-/m0/s1. The lowest BCUT2D eigenvalue weighted by atomic mass is 10.0. The van der Waals surface area contributed by atoms with Gasteiger partial charge < -0.3 is 15.4 Å². The second-order valence-corrected chi connectivity index (χ2v) is 5.60. The van der Waals surface area contributed by atoms with Crippen LogP contribution in [0, 0.1) is 6.92 Å². The minimum absolute atomic E-state index is 0.0301. The molecule has 0 aliphatic carbocycles. The second-order valence-electron chi connectivity index (χ2n) is 5.60. The number of aryl methyl sites for hydroxylation is 1. The molecule has 1 aliphatic rings. The van der Waals surface area contributed by atoms with Gasteiger partial charge in [0.2, 0.25) is 0 Å². The fourth-order valence-corrected chi connectivity index (χ4v) is 2.65. The van der Waals surface area contributed by atoms with Crippen molar-refractivity contribution in [2.75, 3.05) is 11.9 Å². The summed E-state index contributed by atoms with van der Waals surface area (Å²) >= 11 is 0. The number of benzene rings is 2. The van der Waals surface area contributed by atoms with Crippen molar-refractivity contribution < 1.29 is 14.3 Å². The third kappa shape index (κ3) is 3.18. The third-order valence-electron chi connectivity index (χ3n) is 3.88. The lowest BCUT2D eigenvalue weighted by molar-refractivity contribution is -0.118. The molecule has 5 nitrogen and oxygen atoms in total. The van der Waals surface area contributed by atoms with E-state index in [1.807, 2.05) is 38.1 Å². The van der Waals surface area contributed by atoms with Crippen LogP contribution in [0.5, 0.6) is 5.75 Å². The van der Waals surface area contributed by atoms with Gasteiger partial charge >= 0.3 is 0 Å². The molecular weight excluding hydrogens is 292 g/mol. The monoisotopic (exact) mass is 310 g/mol. The van der Waals surface area contributed by atoms with Crippen LogP contribution in [0.4, 0.5) is 5.69 Å². The highest BCUT2D eigenvalue weighted by Crippen LogP contribution is 2.28. The zero-order valence-corrected chi connectivity index (χ0v) is 13.1. The SMILES string of the molecule is Cc1ccccc1[C@H](C)NC(=O)c1ccc2c(c1)OCC(=O)N2. The maximum atomic E-state index is 12.4. The zero-order chi connectivity index (χ0) is 16.4. The van der Waals surface area contributed by atoms with E-state index in [1.54, 1.807) is 18.2 Å². The van der Waals surface area contributed by atoms with E-state index in [1.165, 1.54) is 0 Å². The summed E-state index contributed by atoms with van der Waals surface area (Å²) in [5.74, 6) is 0.146. The van der Waals surface area contributed by atoms with Gasteiger partial charge in [-0.25, -0.2) is 0 Å². The minimum atomic E-state index is -0.192. The van der Waals surface area contributed by atoms with E-state index in [0.29, 0.717) is 17.0 Å². The number of nitrogens with one attached hydrogen (secondary N) is 2. The van der Waals surface area contributed by atoms with E-state index in [-0.39, 0.29) is 24.5 Å². The van der Waals surface area contributed by atoms with E-state index in [9.17, 15) is 9.59 Å². The van der Waals surface area contributed by atoms with Crippen molar-refractivity contribution in [2.45, 2.75) is 19.9 Å². The van der Waals surface area contributed by atoms with Crippen LogP contribution in [0.3, 0.4) is 0 Å². The van der Waals surface area contributed by atoms with Crippen molar-refractivity contribution in [3.05, 3.63) is 59.2 Å². The van der Waals surface area contributed by atoms with Crippen LogP contribution in [0.15, 0.2) is 42.5 Å². The fraction of sp³-hybridized carbons (Fsp3) is 0.222. The van der Waals surface area contributed by atoms with Crippen LogP contribution in [-0.4, -0.2) is 18.4 Å². The van der Waals surface area contributed by atoms with Crippen molar-refractivity contribution >= 4 is 17.5 Å². The van der Waals surface area contributed by atoms with Crippen molar-refractivity contribution in [3.8, 4) is 5.75 Å². The van der Waals surface area contributed by atoms with Crippen LogP contribution in [-0.2, 0) is 4.79 Å². The van der Waals surface area contributed by atoms with E-state index in [2.05, 4.69) is 10.6 Å². The summed E-state index contributed by atoms with van der Waals surface area (Å²) in [5.41, 5.74) is 3.31. The van der Waals surface area contributed by atoms with Crippen LogP contribution >= 0.6 is 0 Å². The Balaban J connectivity index is 1.76. The largest absolute Gasteiger partial charge is 0.482 e. The third-order valence-corrected chi connectivity index (χ3v) is 3.88. The Morgan fingerprint density at radius 2 is 2.04 bits per heavy atom. The maximum Gasteiger partial charge on any atom is 0.262 e. The van der Waals surface area contributed by atoms with Gasteiger partial charge in [0.05, 0.1) is 11.7 Å². The Hall–Kier alpha value is -2.82. The normalized spacial score (nSPS) is 14.3. The molecule has 0 unspecified atom stereocenters. The molecule has 118 valence electrons. The molecule has 0 saturated heterocycles. The molecule has 23 heavy (non-hydrogen) atoms. The number of carbonyl (C=O) groups excluding carboxylic acids is 2. The minimum Gasteiger partial charge on any atom is -0.482 e. The lowest BCUT2D eigenvalue weighted by Crippen LogP contribution is -2.28.